The summed E-state index contributed by atoms with van der Waals surface area (Å²) in [6, 6.07) is 7.69. The lowest BCUT2D eigenvalue weighted by atomic mass is 9.87. The smallest absolute Gasteiger partial charge is 0.238 e. The fourth-order valence-electron chi connectivity index (χ4n) is 3.24. The SMILES string of the molecule is O=C(CN1CCC2(CCNC2)C1)Nc1ccc(Br)cc1. The zero-order valence-corrected chi connectivity index (χ0v) is 13.1. The van der Waals surface area contributed by atoms with E-state index in [0.717, 1.165) is 36.3 Å². The molecule has 1 unspecified atom stereocenters. The third kappa shape index (κ3) is 3.22. The molecule has 20 heavy (non-hydrogen) atoms. The van der Waals surface area contributed by atoms with Crippen molar-refractivity contribution in [2.24, 2.45) is 5.41 Å². The van der Waals surface area contributed by atoms with Crippen molar-refractivity contribution in [1.29, 1.82) is 0 Å². The topological polar surface area (TPSA) is 44.4 Å². The molecule has 108 valence electrons. The standard InChI is InChI=1S/C15H20BrN3O/c16-12-1-3-13(4-2-12)18-14(20)9-19-8-6-15(11-19)5-7-17-10-15/h1-4,17H,5-11H2,(H,18,20). The normalized spacial score (nSPS) is 26.2. The molecule has 2 N–H and O–H groups in total. The number of nitrogens with zero attached hydrogens (tertiary/aromatic N) is 1. The molecule has 1 spiro atoms. The fraction of sp³-hybridized carbons (Fsp3) is 0.533. The molecule has 1 aromatic carbocycles. The van der Waals surface area contributed by atoms with Crippen LogP contribution in [0, 0.1) is 5.41 Å². The van der Waals surface area contributed by atoms with Crippen LogP contribution in [0.3, 0.4) is 0 Å². The van der Waals surface area contributed by atoms with Gasteiger partial charge < -0.3 is 10.6 Å². The summed E-state index contributed by atoms with van der Waals surface area (Å²) in [7, 11) is 0. The van der Waals surface area contributed by atoms with Gasteiger partial charge in [0.2, 0.25) is 5.91 Å². The first kappa shape index (κ1) is 14.0. The lowest BCUT2D eigenvalue weighted by molar-refractivity contribution is -0.117. The van der Waals surface area contributed by atoms with Gasteiger partial charge in [0.15, 0.2) is 0 Å². The van der Waals surface area contributed by atoms with Gasteiger partial charge in [0.05, 0.1) is 6.54 Å². The van der Waals surface area contributed by atoms with Crippen LogP contribution in [0.1, 0.15) is 12.8 Å². The number of carbonyl (C=O) groups is 1. The predicted octanol–water partition coefficient (Wildman–Crippen LogP) is 2.07. The van der Waals surface area contributed by atoms with Gasteiger partial charge >= 0.3 is 0 Å². The quantitative estimate of drug-likeness (QED) is 0.887. The monoisotopic (exact) mass is 337 g/mol. The second-order valence-corrected chi connectivity index (χ2v) is 6.86. The molecule has 1 aromatic rings. The lowest BCUT2D eigenvalue weighted by Crippen LogP contribution is -2.34. The number of benzene rings is 1. The summed E-state index contributed by atoms with van der Waals surface area (Å²) >= 11 is 3.39. The van der Waals surface area contributed by atoms with Crippen molar-refractivity contribution in [3.8, 4) is 0 Å². The van der Waals surface area contributed by atoms with Crippen LogP contribution >= 0.6 is 15.9 Å². The Morgan fingerprint density at radius 1 is 1.35 bits per heavy atom. The van der Waals surface area contributed by atoms with E-state index in [1.807, 2.05) is 24.3 Å². The van der Waals surface area contributed by atoms with Crippen LogP contribution in [0.2, 0.25) is 0 Å². The van der Waals surface area contributed by atoms with Crippen LogP contribution in [0.5, 0.6) is 0 Å². The van der Waals surface area contributed by atoms with E-state index in [2.05, 4.69) is 31.5 Å². The highest BCUT2D eigenvalue weighted by molar-refractivity contribution is 9.10. The maximum Gasteiger partial charge on any atom is 0.238 e. The van der Waals surface area contributed by atoms with E-state index in [4.69, 9.17) is 0 Å². The molecule has 2 saturated heterocycles. The first-order chi connectivity index (χ1) is 9.65. The molecule has 4 nitrogen and oxygen atoms in total. The average molecular weight is 338 g/mol. The molecule has 2 aliphatic rings. The molecule has 2 fully saturated rings. The number of rotatable bonds is 3. The van der Waals surface area contributed by atoms with Crippen LogP contribution < -0.4 is 10.6 Å². The fourth-order valence-corrected chi connectivity index (χ4v) is 3.51. The van der Waals surface area contributed by atoms with Gasteiger partial charge in [-0.3, -0.25) is 9.69 Å². The second-order valence-electron chi connectivity index (χ2n) is 5.94. The molecule has 0 bridgehead atoms. The maximum atomic E-state index is 12.1. The highest BCUT2D eigenvalue weighted by Crippen LogP contribution is 2.35. The van der Waals surface area contributed by atoms with Crippen LogP contribution in [0.25, 0.3) is 0 Å². The van der Waals surface area contributed by atoms with Gasteiger partial charge in [0.1, 0.15) is 0 Å². The Balaban J connectivity index is 1.51. The molecule has 5 heteroatoms. The summed E-state index contributed by atoms with van der Waals surface area (Å²) in [6.45, 7) is 4.82. The van der Waals surface area contributed by atoms with E-state index >= 15 is 0 Å². The largest absolute Gasteiger partial charge is 0.325 e. The zero-order chi connectivity index (χ0) is 14.0. The minimum atomic E-state index is 0.0790. The van der Waals surface area contributed by atoms with E-state index in [9.17, 15) is 4.79 Å². The first-order valence-corrected chi connectivity index (χ1v) is 7.93. The van der Waals surface area contributed by atoms with E-state index in [-0.39, 0.29) is 5.91 Å². The molecule has 0 aliphatic carbocycles. The maximum absolute atomic E-state index is 12.1. The zero-order valence-electron chi connectivity index (χ0n) is 11.5. The summed E-state index contributed by atoms with van der Waals surface area (Å²) in [4.78, 5) is 14.4. The molecular formula is C15H20BrN3O. The van der Waals surface area contributed by atoms with Gasteiger partial charge in [-0.2, -0.15) is 0 Å². The van der Waals surface area contributed by atoms with Crippen LogP contribution in [-0.4, -0.2) is 43.5 Å². The van der Waals surface area contributed by atoms with E-state index < -0.39 is 0 Å². The minimum absolute atomic E-state index is 0.0790. The first-order valence-electron chi connectivity index (χ1n) is 7.14. The molecule has 3 rings (SSSR count). The summed E-state index contributed by atoms with van der Waals surface area (Å²) < 4.78 is 1.02. The Kier molecular flexibility index (Phi) is 4.10. The van der Waals surface area contributed by atoms with Gasteiger partial charge in [0.25, 0.3) is 0 Å². The Bertz CT molecular complexity index is 482. The van der Waals surface area contributed by atoms with Crippen molar-refractivity contribution < 1.29 is 4.79 Å². The number of anilines is 1. The summed E-state index contributed by atoms with van der Waals surface area (Å²) in [5.41, 5.74) is 1.28. The number of hydrogen-bond donors (Lipinski definition) is 2. The summed E-state index contributed by atoms with van der Waals surface area (Å²) in [6.07, 6.45) is 2.46. The third-order valence-electron chi connectivity index (χ3n) is 4.34. The molecule has 2 aliphatic heterocycles. The molecule has 2 heterocycles. The van der Waals surface area contributed by atoms with Crippen molar-refractivity contribution in [1.82, 2.24) is 10.2 Å². The Morgan fingerprint density at radius 3 is 2.85 bits per heavy atom. The van der Waals surface area contributed by atoms with Crippen molar-refractivity contribution in [3.05, 3.63) is 28.7 Å². The minimum Gasteiger partial charge on any atom is -0.325 e. The van der Waals surface area contributed by atoms with Crippen LogP contribution in [0.4, 0.5) is 5.69 Å². The number of halogens is 1. The highest BCUT2D eigenvalue weighted by Gasteiger charge is 2.40. The van der Waals surface area contributed by atoms with Crippen LogP contribution in [-0.2, 0) is 4.79 Å². The Labute approximate surface area is 128 Å². The van der Waals surface area contributed by atoms with Gasteiger partial charge in [0, 0.05) is 23.2 Å². The Morgan fingerprint density at radius 2 is 2.15 bits per heavy atom. The Hall–Kier alpha value is -0.910. The second kappa shape index (κ2) is 5.84. The van der Waals surface area contributed by atoms with E-state index in [1.165, 1.54) is 12.8 Å². The number of nitrogens with one attached hydrogen (secondary N) is 2. The lowest BCUT2D eigenvalue weighted by Gasteiger charge is -2.22. The summed E-state index contributed by atoms with van der Waals surface area (Å²) in [5, 5.41) is 6.40. The molecule has 1 atom stereocenters. The molecular weight excluding hydrogens is 318 g/mol. The van der Waals surface area contributed by atoms with Crippen molar-refractivity contribution in [2.45, 2.75) is 12.8 Å². The van der Waals surface area contributed by atoms with Gasteiger partial charge in [-0.15, -0.1) is 0 Å². The van der Waals surface area contributed by atoms with Gasteiger partial charge in [-0.1, -0.05) is 15.9 Å². The molecule has 0 aromatic heterocycles. The predicted molar refractivity (Wildman–Crippen MR) is 83.7 cm³/mol. The van der Waals surface area contributed by atoms with Gasteiger partial charge in [-0.05, 0) is 55.6 Å². The summed E-state index contributed by atoms with van der Waals surface area (Å²) in [5.74, 6) is 0.0790. The van der Waals surface area contributed by atoms with Crippen molar-refractivity contribution in [3.63, 3.8) is 0 Å². The van der Waals surface area contributed by atoms with Crippen molar-refractivity contribution in [2.75, 3.05) is 38.0 Å². The number of hydrogen-bond acceptors (Lipinski definition) is 3. The molecule has 0 radical (unpaired) electrons. The molecule has 1 amide bonds. The number of carbonyl (C=O) groups excluding carboxylic acids is 1. The highest BCUT2D eigenvalue weighted by atomic mass is 79.9. The van der Waals surface area contributed by atoms with E-state index in [1.54, 1.807) is 0 Å². The van der Waals surface area contributed by atoms with E-state index in [0.29, 0.717) is 12.0 Å². The van der Waals surface area contributed by atoms with Crippen molar-refractivity contribution >= 4 is 27.5 Å². The van der Waals surface area contributed by atoms with Gasteiger partial charge in [-0.25, -0.2) is 0 Å². The molecule has 0 saturated carbocycles. The number of amides is 1. The third-order valence-corrected chi connectivity index (χ3v) is 4.87. The van der Waals surface area contributed by atoms with Crippen LogP contribution in [0.15, 0.2) is 28.7 Å². The number of likely N-dealkylation sites (tertiary alicyclic amines) is 1. The average Bonchev–Trinajstić information content (AvgIpc) is 3.03.